The van der Waals surface area contributed by atoms with Crippen LogP contribution in [0.2, 0.25) is 0 Å². The molecule has 0 radical (unpaired) electrons. The Morgan fingerprint density at radius 2 is 1.56 bits per heavy atom. The molecule has 2 aromatic rings. The van der Waals surface area contributed by atoms with Crippen LogP contribution in [0.5, 0.6) is 5.75 Å². The molecule has 1 aromatic heterocycles. The van der Waals surface area contributed by atoms with E-state index in [9.17, 15) is 8.42 Å². The Hall–Kier alpha value is -2.13. The fourth-order valence-electron chi connectivity index (χ4n) is 4.30. The van der Waals surface area contributed by atoms with Crippen molar-refractivity contribution in [2.45, 2.75) is 81.5 Å². The molecular weight excluding hydrogens is 430 g/mol. The fraction of sp³-hybridized carbons (Fsp3) is 0.652. The van der Waals surface area contributed by atoms with E-state index in [0.29, 0.717) is 16.7 Å². The number of sulfone groups is 1. The lowest BCUT2D eigenvalue weighted by Crippen LogP contribution is -2.40. The van der Waals surface area contributed by atoms with Crippen LogP contribution in [0.4, 0.5) is 5.95 Å². The van der Waals surface area contributed by atoms with Crippen LogP contribution in [0.3, 0.4) is 0 Å². The summed E-state index contributed by atoms with van der Waals surface area (Å²) in [6, 6.07) is 6.68. The van der Waals surface area contributed by atoms with Gasteiger partial charge in [0.2, 0.25) is 5.89 Å². The zero-order chi connectivity index (χ0) is 22.7. The smallest absolute Gasteiger partial charge is 0.266 e. The van der Waals surface area contributed by atoms with Crippen molar-refractivity contribution >= 4 is 15.8 Å². The summed E-state index contributed by atoms with van der Waals surface area (Å²) in [6.45, 7) is 5.85. The summed E-state index contributed by atoms with van der Waals surface area (Å²) >= 11 is 0. The molecule has 0 spiro atoms. The molecule has 1 aromatic carbocycles. The normalized spacial score (nSPS) is 22.9. The van der Waals surface area contributed by atoms with Crippen molar-refractivity contribution in [3.63, 3.8) is 0 Å². The molecule has 4 rings (SSSR count). The molecule has 0 unspecified atom stereocenters. The summed E-state index contributed by atoms with van der Waals surface area (Å²) < 4.78 is 41.0. The molecular formula is C23H33N3O5S. The van der Waals surface area contributed by atoms with E-state index in [1.54, 1.807) is 24.3 Å². The molecule has 2 fully saturated rings. The van der Waals surface area contributed by atoms with Crippen LogP contribution >= 0.6 is 0 Å². The number of hydrogen-bond acceptors (Lipinski definition) is 8. The van der Waals surface area contributed by atoms with Crippen LogP contribution in [0.1, 0.15) is 64.2 Å². The third-order valence-electron chi connectivity index (χ3n) is 6.21. The first-order valence-corrected chi connectivity index (χ1v) is 13.4. The van der Waals surface area contributed by atoms with E-state index >= 15 is 0 Å². The average molecular weight is 464 g/mol. The van der Waals surface area contributed by atoms with Gasteiger partial charge in [-0.2, -0.15) is 4.98 Å². The molecule has 2 heterocycles. The van der Waals surface area contributed by atoms with Crippen molar-refractivity contribution in [3.05, 3.63) is 30.2 Å². The lowest BCUT2D eigenvalue weighted by atomic mass is 9.94. The van der Waals surface area contributed by atoms with E-state index in [4.69, 9.17) is 14.0 Å². The number of ether oxygens (including phenoxy) is 2. The van der Waals surface area contributed by atoms with Crippen LogP contribution in [0.15, 0.2) is 33.7 Å². The summed E-state index contributed by atoms with van der Waals surface area (Å²) in [7, 11) is -3.18. The predicted octanol–water partition coefficient (Wildman–Crippen LogP) is 3.97. The maximum atomic E-state index is 11.6. The highest BCUT2D eigenvalue weighted by Crippen LogP contribution is 2.29. The Labute approximate surface area is 190 Å². The highest BCUT2D eigenvalue weighted by Gasteiger charge is 2.28. The van der Waals surface area contributed by atoms with E-state index < -0.39 is 9.84 Å². The van der Waals surface area contributed by atoms with Crippen LogP contribution < -0.4 is 9.64 Å². The molecule has 0 bridgehead atoms. The van der Waals surface area contributed by atoms with Crippen molar-refractivity contribution in [3.8, 4) is 5.75 Å². The highest BCUT2D eigenvalue weighted by atomic mass is 32.2. The molecule has 0 N–H and O–H groups in total. The van der Waals surface area contributed by atoms with Gasteiger partial charge in [-0.15, -0.1) is 0 Å². The fourth-order valence-corrected chi connectivity index (χ4v) is 4.93. The van der Waals surface area contributed by atoms with Crippen LogP contribution in [0, 0.1) is 0 Å². The van der Waals surface area contributed by atoms with Gasteiger partial charge < -0.3 is 18.9 Å². The van der Waals surface area contributed by atoms with Gasteiger partial charge >= 0.3 is 0 Å². The first-order chi connectivity index (χ1) is 15.3. The molecule has 32 heavy (non-hydrogen) atoms. The van der Waals surface area contributed by atoms with Crippen LogP contribution in [-0.4, -0.2) is 56.2 Å². The topological polar surface area (TPSA) is 94.8 Å². The molecule has 0 amide bonds. The van der Waals surface area contributed by atoms with Crippen molar-refractivity contribution < 1.29 is 22.4 Å². The van der Waals surface area contributed by atoms with Gasteiger partial charge in [-0.05, 0) is 67.9 Å². The van der Waals surface area contributed by atoms with Gasteiger partial charge in [-0.25, -0.2) is 8.42 Å². The predicted molar refractivity (Wildman–Crippen MR) is 121 cm³/mol. The third kappa shape index (κ3) is 5.81. The number of hydrogen-bond donors (Lipinski definition) is 0. The SMILES string of the molecule is CC(C)c1nc(N2CCC(OC3CCC(Oc4ccc(S(C)(=O)=O)cc4)CC3)CC2)no1. The van der Waals surface area contributed by atoms with Crippen LogP contribution in [-0.2, 0) is 14.6 Å². The first kappa shape index (κ1) is 23.0. The van der Waals surface area contributed by atoms with Gasteiger partial charge in [-0.1, -0.05) is 13.8 Å². The second kappa shape index (κ2) is 9.79. The van der Waals surface area contributed by atoms with Gasteiger partial charge in [0.1, 0.15) is 5.75 Å². The Morgan fingerprint density at radius 1 is 0.969 bits per heavy atom. The number of nitrogens with zero attached hydrogens (tertiary/aromatic N) is 3. The summed E-state index contributed by atoms with van der Waals surface area (Å²) in [5.41, 5.74) is 0. The van der Waals surface area contributed by atoms with E-state index in [-0.39, 0.29) is 24.2 Å². The zero-order valence-electron chi connectivity index (χ0n) is 19.1. The molecule has 1 aliphatic heterocycles. The largest absolute Gasteiger partial charge is 0.490 e. The van der Waals surface area contributed by atoms with Crippen molar-refractivity contribution in [1.29, 1.82) is 0 Å². The average Bonchev–Trinajstić information content (AvgIpc) is 3.26. The molecule has 8 nitrogen and oxygen atoms in total. The van der Waals surface area contributed by atoms with Crippen molar-refractivity contribution in [2.75, 3.05) is 24.2 Å². The molecule has 1 saturated heterocycles. The minimum atomic E-state index is -3.18. The van der Waals surface area contributed by atoms with Gasteiger partial charge in [-0.3, -0.25) is 0 Å². The minimum absolute atomic E-state index is 0.147. The number of rotatable bonds is 7. The van der Waals surface area contributed by atoms with Crippen molar-refractivity contribution in [1.82, 2.24) is 10.1 Å². The number of piperidine rings is 1. The summed E-state index contributed by atoms with van der Waals surface area (Å²) in [5.74, 6) is 2.33. The van der Waals surface area contributed by atoms with Crippen LogP contribution in [0.25, 0.3) is 0 Å². The number of benzene rings is 1. The molecule has 2 aliphatic rings. The first-order valence-electron chi connectivity index (χ1n) is 11.5. The van der Waals surface area contributed by atoms with Gasteiger partial charge in [0.05, 0.1) is 23.2 Å². The van der Waals surface area contributed by atoms with E-state index in [0.717, 1.165) is 57.4 Å². The highest BCUT2D eigenvalue weighted by molar-refractivity contribution is 7.90. The van der Waals surface area contributed by atoms with Gasteiger partial charge in [0.25, 0.3) is 5.95 Å². The maximum absolute atomic E-state index is 11.6. The van der Waals surface area contributed by atoms with Gasteiger partial charge in [0, 0.05) is 25.3 Å². The number of anilines is 1. The zero-order valence-corrected chi connectivity index (χ0v) is 19.9. The number of aromatic nitrogens is 2. The van der Waals surface area contributed by atoms with Gasteiger partial charge in [0.15, 0.2) is 9.84 Å². The Morgan fingerprint density at radius 3 is 2.12 bits per heavy atom. The second-order valence-corrected chi connectivity index (χ2v) is 11.2. The Balaban J connectivity index is 1.18. The van der Waals surface area contributed by atoms with E-state index in [1.165, 1.54) is 6.26 Å². The second-order valence-electron chi connectivity index (χ2n) is 9.17. The maximum Gasteiger partial charge on any atom is 0.266 e. The molecule has 1 saturated carbocycles. The van der Waals surface area contributed by atoms with Crippen molar-refractivity contribution in [2.24, 2.45) is 0 Å². The standard InChI is InChI=1S/C23H33N3O5S/c1-16(2)22-24-23(25-31-22)26-14-12-20(13-15-26)30-18-6-4-17(5-7-18)29-19-8-10-21(11-9-19)32(3,27)28/h8-11,16-18,20H,4-7,12-15H2,1-3H3. The lowest BCUT2D eigenvalue weighted by molar-refractivity contribution is -0.0528. The molecule has 176 valence electrons. The summed E-state index contributed by atoms with van der Waals surface area (Å²) in [6.07, 6.45) is 7.69. The van der Waals surface area contributed by atoms with E-state index in [2.05, 4.69) is 15.0 Å². The minimum Gasteiger partial charge on any atom is -0.490 e. The quantitative estimate of drug-likeness (QED) is 0.609. The Bertz CT molecular complexity index is 973. The third-order valence-corrected chi connectivity index (χ3v) is 7.34. The monoisotopic (exact) mass is 463 g/mol. The molecule has 1 aliphatic carbocycles. The summed E-state index contributed by atoms with van der Waals surface area (Å²) in [5, 5.41) is 4.12. The molecule has 0 atom stereocenters. The van der Waals surface area contributed by atoms with E-state index in [1.807, 2.05) is 13.8 Å². The summed E-state index contributed by atoms with van der Waals surface area (Å²) in [4.78, 5) is 6.99. The molecule has 9 heteroatoms. The Kier molecular flexibility index (Phi) is 7.05. The lowest BCUT2D eigenvalue weighted by Gasteiger charge is -2.35.